The van der Waals surface area contributed by atoms with Crippen LogP contribution in [0.15, 0.2) is 60.8 Å². The van der Waals surface area contributed by atoms with E-state index in [4.69, 9.17) is 0 Å². The molecule has 0 aromatic heterocycles. The van der Waals surface area contributed by atoms with Crippen LogP contribution in [0, 0.1) is 0 Å². The number of nitrogens with one attached hydrogen (secondary N) is 1. The maximum atomic E-state index is 4.08. The van der Waals surface area contributed by atoms with Gasteiger partial charge in [0.2, 0.25) is 0 Å². The van der Waals surface area contributed by atoms with Crippen LogP contribution in [0.2, 0.25) is 0 Å². The third kappa shape index (κ3) is 3.47. The summed E-state index contributed by atoms with van der Waals surface area (Å²) in [6.45, 7) is 6.15. The summed E-state index contributed by atoms with van der Waals surface area (Å²) in [6.07, 6.45) is 5.91. The molecule has 0 saturated carbocycles. The van der Waals surface area contributed by atoms with Crippen LogP contribution in [-0.4, -0.2) is 7.05 Å². The molecule has 1 aromatic carbocycles. The molecular formula is C14H17N. The number of allylic oxidation sites excluding steroid dienone is 4. The third-order valence-corrected chi connectivity index (χ3v) is 2.21. The second kappa shape index (κ2) is 5.86. The Kier molecular flexibility index (Phi) is 4.42. The number of hydrogen-bond acceptors (Lipinski definition) is 1. The van der Waals surface area contributed by atoms with Gasteiger partial charge in [-0.2, -0.15) is 0 Å². The lowest BCUT2D eigenvalue weighted by atomic mass is 10.0. The SMILES string of the molecule is C=C(/C(C)=C\C=C/NC)c1ccccc1. The molecule has 1 rings (SSSR count). The molecule has 0 aliphatic rings. The van der Waals surface area contributed by atoms with Crippen LogP contribution >= 0.6 is 0 Å². The highest BCUT2D eigenvalue weighted by atomic mass is 14.8. The van der Waals surface area contributed by atoms with Crippen LogP contribution < -0.4 is 5.32 Å². The molecule has 0 saturated heterocycles. The third-order valence-electron chi connectivity index (χ3n) is 2.21. The summed E-state index contributed by atoms with van der Waals surface area (Å²) in [6, 6.07) is 10.2. The van der Waals surface area contributed by atoms with Gasteiger partial charge >= 0.3 is 0 Å². The largest absolute Gasteiger partial charge is 0.394 e. The molecule has 0 bridgehead atoms. The van der Waals surface area contributed by atoms with E-state index in [0.29, 0.717) is 0 Å². The van der Waals surface area contributed by atoms with Crippen LogP contribution in [0.25, 0.3) is 5.57 Å². The first kappa shape index (κ1) is 11.3. The Balaban J connectivity index is 2.77. The molecule has 0 atom stereocenters. The van der Waals surface area contributed by atoms with Crippen LogP contribution in [0.1, 0.15) is 12.5 Å². The van der Waals surface area contributed by atoms with Crippen molar-refractivity contribution in [3.8, 4) is 0 Å². The van der Waals surface area contributed by atoms with E-state index in [1.165, 1.54) is 11.1 Å². The fourth-order valence-electron chi connectivity index (χ4n) is 1.26. The highest BCUT2D eigenvalue weighted by Crippen LogP contribution is 2.19. The van der Waals surface area contributed by atoms with Crippen LogP contribution in [0.4, 0.5) is 0 Å². The minimum atomic E-state index is 1.07. The topological polar surface area (TPSA) is 12.0 Å². The van der Waals surface area contributed by atoms with Gasteiger partial charge in [0.1, 0.15) is 0 Å². The van der Waals surface area contributed by atoms with Crippen molar-refractivity contribution >= 4 is 5.57 Å². The van der Waals surface area contributed by atoms with Crippen molar-refractivity contribution in [2.24, 2.45) is 0 Å². The Labute approximate surface area is 91.8 Å². The molecule has 0 amide bonds. The van der Waals surface area contributed by atoms with Gasteiger partial charge in [-0.25, -0.2) is 0 Å². The number of benzene rings is 1. The van der Waals surface area contributed by atoms with E-state index in [-0.39, 0.29) is 0 Å². The van der Waals surface area contributed by atoms with Crippen molar-refractivity contribution in [2.75, 3.05) is 7.05 Å². The molecule has 0 spiro atoms. The molecule has 0 radical (unpaired) electrons. The Hall–Kier alpha value is -1.76. The average molecular weight is 199 g/mol. The van der Waals surface area contributed by atoms with Gasteiger partial charge in [0.15, 0.2) is 0 Å². The molecule has 1 nitrogen and oxygen atoms in total. The lowest BCUT2D eigenvalue weighted by molar-refractivity contribution is 1.10. The van der Waals surface area contributed by atoms with Gasteiger partial charge in [0.25, 0.3) is 0 Å². The van der Waals surface area contributed by atoms with E-state index in [2.05, 4.69) is 31.0 Å². The lowest BCUT2D eigenvalue weighted by Gasteiger charge is -2.04. The number of hydrogen-bond donors (Lipinski definition) is 1. The van der Waals surface area contributed by atoms with Crippen molar-refractivity contribution in [2.45, 2.75) is 6.92 Å². The maximum absolute atomic E-state index is 4.08. The Morgan fingerprint density at radius 3 is 2.53 bits per heavy atom. The maximum Gasteiger partial charge on any atom is 0.00277 e. The normalized spacial score (nSPS) is 11.7. The average Bonchev–Trinajstić information content (AvgIpc) is 2.29. The minimum Gasteiger partial charge on any atom is -0.394 e. The summed E-state index contributed by atoms with van der Waals surface area (Å²) in [7, 11) is 1.88. The first-order valence-corrected chi connectivity index (χ1v) is 5.01. The predicted molar refractivity (Wildman–Crippen MR) is 67.4 cm³/mol. The molecule has 1 N–H and O–H groups in total. The van der Waals surface area contributed by atoms with E-state index in [9.17, 15) is 0 Å². The molecule has 0 aliphatic heterocycles. The molecule has 0 fully saturated rings. The van der Waals surface area contributed by atoms with E-state index in [1.807, 2.05) is 43.6 Å². The summed E-state index contributed by atoms with van der Waals surface area (Å²) < 4.78 is 0. The highest BCUT2D eigenvalue weighted by Gasteiger charge is 1.98. The molecular weight excluding hydrogens is 182 g/mol. The zero-order valence-corrected chi connectivity index (χ0v) is 9.33. The molecule has 78 valence electrons. The fourth-order valence-corrected chi connectivity index (χ4v) is 1.26. The second-order valence-corrected chi connectivity index (χ2v) is 3.34. The van der Waals surface area contributed by atoms with Crippen molar-refractivity contribution in [3.05, 3.63) is 66.4 Å². The monoisotopic (exact) mass is 199 g/mol. The lowest BCUT2D eigenvalue weighted by Crippen LogP contribution is -1.90. The van der Waals surface area contributed by atoms with Gasteiger partial charge in [0.05, 0.1) is 0 Å². The summed E-state index contributed by atoms with van der Waals surface area (Å²) >= 11 is 0. The molecule has 0 unspecified atom stereocenters. The van der Waals surface area contributed by atoms with E-state index < -0.39 is 0 Å². The summed E-state index contributed by atoms with van der Waals surface area (Å²) in [5.74, 6) is 0. The quantitative estimate of drug-likeness (QED) is 0.733. The molecule has 1 aromatic rings. The van der Waals surface area contributed by atoms with Crippen molar-refractivity contribution in [1.82, 2.24) is 5.32 Å². The Morgan fingerprint density at radius 1 is 1.27 bits per heavy atom. The first-order valence-electron chi connectivity index (χ1n) is 5.01. The van der Waals surface area contributed by atoms with E-state index in [1.54, 1.807) is 0 Å². The standard InChI is InChI=1S/C14H17N/c1-12(8-7-11-15-3)13(2)14-9-5-4-6-10-14/h4-11,15H,2H2,1,3H3/b11-7-,12-8-. The molecule has 1 heteroatoms. The zero-order valence-electron chi connectivity index (χ0n) is 9.33. The van der Waals surface area contributed by atoms with Crippen molar-refractivity contribution in [3.63, 3.8) is 0 Å². The first-order chi connectivity index (χ1) is 7.25. The van der Waals surface area contributed by atoms with Gasteiger partial charge in [-0.05, 0) is 35.9 Å². The number of rotatable bonds is 4. The predicted octanol–water partition coefficient (Wildman–Crippen LogP) is 3.38. The van der Waals surface area contributed by atoms with Crippen molar-refractivity contribution in [1.29, 1.82) is 0 Å². The van der Waals surface area contributed by atoms with Gasteiger partial charge in [0, 0.05) is 7.05 Å². The highest BCUT2D eigenvalue weighted by molar-refractivity contribution is 5.76. The Morgan fingerprint density at radius 2 is 1.93 bits per heavy atom. The van der Waals surface area contributed by atoms with E-state index in [0.717, 1.165) is 5.57 Å². The zero-order chi connectivity index (χ0) is 11.1. The van der Waals surface area contributed by atoms with Crippen LogP contribution in [-0.2, 0) is 0 Å². The van der Waals surface area contributed by atoms with Crippen molar-refractivity contribution < 1.29 is 0 Å². The molecule has 15 heavy (non-hydrogen) atoms. The summed E-state index contributed by atoms with van der Waals surface area (Å²) in [5.41, 5.74) is 3.41. The van der Waals surface area contributed by atoms with Gasteiger partial charge in [-0.15, -0.1) is 0 Å². The van der Waals surface area contributed by atoms with Gasteiger partial charge in [-0.1, -0.05) is 43.0 Å². The summed E-state index contributed by atoms with van der Waals surface area (Å²) in [4.78, 5) is 0. The second-order valence-electron chi connectivity index (χ2n) is 3.34. The van der Waals surface area contributed by atoms with E-state index >= 15 is 0 Å². The Bertz CT molecular complexity index is 372. The van der Waals surface area contributed by atoms with Gasteiger partial charge in [-0.3, -0.25) is 0 Å². The van der Waals surface area contributed by atoms with Crippen LogP contribution in [0.3, 0.4) is 0 Å². The fraction of sp³-hybridized carbons (Fsp3) is 0.143. The molecule has 0 heterocycles. The van der Waals surface area contributed by atoms with Crippen LogP contribution in [0.5, 0.6) is 0 Å². The smallest absolute Gasteiger partial charge is 0.00277 e. The summed E-state index contributed by atoms with van der Waals surface area (Å²) in [5, 5.41) is 2.95. The minimum absolute atomic E-state index is 1.07. The molecule has 0 aliphatic carbocycles. The van der Waals surface area contributed by atoms with Gasteiger partial charge < -0.3 is 5.32 Å².